The molecule has 0 N–H and O–H groups in total. The fraction of sp³-hybridized carbons (Fsp3) is 0.292. The van der Waals surface area contributed by atoms with Crippen molar-refractivity contribution < 1.29 is 0 Å². The first-order valence-electron chi connectivity index (χ1n) is 9.23. The maximum Gasteiger partial charge on any atom is 0.0389 e. The lowest BCUT2D eigenvalue weighted by Gasteiger charge is -2.04. The first-order valence-corrected chi connectivity index (χ1v) is 9.23. The van der Waals surface area contributed by atoms with Crippen molar-refractivity contribution in [3.8, 4) is 11.1 Å². The highest BCUT2D eigenvalue weighted by molar-refractivity contribution is 5.78. The van der Waals surface area contributed by atoms with Gasteiger partial charge in [-0.05, 0) is 55.4 Å². The van der Waals surface area contributed by atoms with E-state index >= 15 is 0 Å². The third kappa shape index (κ3) is 7.34. The van der Waals surface area contributed by atoms with Crippen molar-refractivity contribution in [1.82, 2.24) is 0 Å². The van der Waals surface area contributed by atoms with Gasteiger partial charge in [0.05, 0.1) is 0 Å². The summed E-state index contributed by atoms with van der Waals surface area (Å²) in [6.45, 7) is 5.03. The fourth-order valence-corrected chi connectivity index (χ4v) is 2.70. The highest BCUT2D eigenvalue weighted by atomic mass is 14.7. The van der Waals surface area contributed by atoms with Crippen LogP contribution in [0.25, 0.3) is 11.1 Å². The Kier molecular flexibility index (Phi) is 8.48. The highest BCUT2D eigenvalue weighted by Gasteiger charge is 1.98. The molecule has 1 heteroatoms. The van der Waals surface area contributed by atoms with Crippen LogP contribution in [0.2, 0.25) is 0 Å². The second-order valence-corrected chi connectivity index (χ2v) is 6.35. The zero-order valence-electron chi connectivity index (χ0n) is 15.5. The second-order valence-electron chi connectivity index (χ2n) is 6.35. The lowest BCUT2D eigenvalue weighted by molar-refractivity contribution is 0.688. The average Bonchev–Trinajstić information content (AvgIpc) is 2.67. The van der Waals surface area contributed by atoms with Gasteiger partial charge >= 0.3 is 0 Å². The summed E-state index contributed by atoms with van der Waals surface area (Å²) in [5, 5.41) is 0. The molecule has 0 aliphatic carbocycles. The molecule has 0 heterocycles. The molecule has 2 aromatic carbocycles. The summed E-state index contributed by atoms with van der Waals surface area (Å²) in [5.41, 5.74) is 5.20. The van der Waals surface area contributed by atoms with Crippen molar-refractivity contribution in [3.05, 3.63) is 84.0 Å². The Morgan fingerprint density at radius 3 is 2.32 bits per heavy atom. The van der Waals surface area contributed by atoms with Crippen LogP contribution in [-0.2, 0) is 6.42 Å². The largest absolute Gasteiger partial charge is 0.293 e. The van der Waals surface area contributed by atoms with E-state index < -0.39 is 0 Å². The minimum absolute atomic E-state index is 0.925. The Morgan fingerprint density at radius 2 is 1.60 bits per heavy atom. The summed E-state index contributed by atoms with van der Waals surface area (Å²) < 4.78 is 0. The highest BCUT2D eigenvalue weighted by Crippen LogP contribution is 2.19. The van der Waals surface area contributed by atoms with E-state index in [9.17, 15) is 0 Å². The maximum atomic E-state index is 4.49. The Morgan fingerprint density at radius 1 is 0.880 bits per heavy atom. The molecule has 0 bridgehead atoms. The summed E-state index contributed by atoms with van der Waals surface area (Å²) >= 11 is 0. The molecule has 0 atom stereocenters. The van der Waals surface area contributed by atoms with E-state index in [1.165, 1.54) is 35.1 Å². The minimum atomic E-state index is 0.925. The molecule has 0 aliphatic heterocycles. The molecule has 1 nitrogen and oxygen atoms in total. The van der Waals surface area contributed by atoms with Crippen molar-refractivity contribution in [2.45, 2.75) is 39.5 Å². The Labute approximate surface area is 152 Å². The zero-order chi connectivity index (χ0) is 17.7. The smallest absolute Gasteiger partial charge is 0.0389 e. The van der Waals surface area contributed by atoms with Gasteiger partial charge in [0.1, 0.15) is 0 Å². The number of allylic oxidation sites excluding steroid dienone is 4. The molecular weight excluding hydrogens is 302 g/mol. The van der Waals surface area contributed by atoms with Crippen molar-refractivity contribution in [1.29, 1.82) is 0 Å². The Bertz CT molecular complexity index is 691. The first-order chi connectivity index (χ1) is 12.3. The Balaban J connectivity index is 1.66. The fourth-order valence-electron chi connectivity index (χ4n) is 2.70. The summed E-state index contributed by atoms with van der Waals surface area (Å²) in [6, 6.07) is 19.5. The number of benzene rings is 2. The molecule has 130 valence electrons. The van der Waals surface area contributed by atoms with Crippen LogP contribution in [0.5, 0.6) is 0 Å². The van der Waals surface area contributed by atoms with Crippen molar-refractivity contribution in [2.24, 2.45) is 4.99 Å². The van der Waals surface area contributed by atoms with Crippen LogP contribution >= 0.6 is 0 Å². The van der Waals surface area contributed by atoms with Gasteiger partial charge in [0, 0.05) is 12.8 Å². The van der Waals surface area contributed by atoms with Crippen LogP contribution in [0, 0.1) is 0 Å². The van der Waals surface area contributed by atoms with Gasteiger partial charge < -0.3 is 0 Å². The molecule has 2 rings (SSSR count). The van der Waals surface area contributed by atoms with Gasteiger partial charge in [-0.15, -0.1) is 0 Å². The van der Waals surface area contributed by atoms with Gasteiger partial charge in [0.15, 0.2) is 0 Å². The number of hydrogen-bond acceptors (Lipinski definition) is 1. The van der Waals surface area contributed by atoms with Crippen molar-refractivity contribution in [2.75, 3.05) is 6.54 Å². The normalized spacial score (nSPS) is 12.3. The van der Waals surface area contributed by atoms with E-state index in [0.717, 1.165) is 19.4 Å². The Hall–Kier alpha value is -2.41. The van der Waals surface area contributed by atoms with Crippen LogP contribution in [-0.4, -0.2) is 12.8 Å². The molecule has 0 aromatic heterocycles. The van der Waals surface area contributed by atoms with Crippen molar-refractivity contribution in [3.63, 3.8) is 0 Å². The quantitative estimate of drug-likeness (QED) is 0.277. The second kappa shape index (κ2) is 11.2. The van der Waals surface area contributed by atoms with E-state index in [4.69, 9.17) is 0 Å². The number of aryl methyl sites for hydroxylation is 1. The molecule has 0 fully saturated rings. The summed E-state index contributed by atoms with van der Waals surface area (Å²) in [7, 11) is 0. The van der Waals surface area contributed by atoms with Gasteiger partial charge in [-0.1, -0.05) is 79.2 Å². The zero-order valence-corrected chi connectivity index (χ0v) is 15.5. The topological polar surface area (TPSA) is 12.4 Å². The molecule has 0 spiro atoms. The van der Waals surface area contributed by atoms with Gasteiger partial charge in [-0.3, -0.25) is 4.99 Å². The molecule has 25 heavy (non-hydrogen) atoms. The number of rotatable bonds is 9. The lowest BCUT2D eigenvalue weighted by Crippen LogP contribution is -1.89. The molecule has 0 saturated carbocycles. The van der Waals surface area contributed by atoms with E-state index in [1.54, 1.807) is 0 Å². The third-order valence-corrected chi connectivity index (χ3v) is 4.16. The molecule has 0 saturated heterocycles. The number of aliphatic imine (C=N–C) groups is 1. The third-order valence-electron chi connectivity index (χ3n) is 4.16. The van der Waals surface area contributed by atoms with E-state index in [-0.39, 0.29) is 0 Å². The molecular formula is C24H29N. The SMILES string of the molecule is C\C=C/C=C(C)\C=N\CCCCCc1ccc(-c2ccccc2)cc1. The summed E-state index contributed by atoms with van der Waals surface area (Å²) in [4.78, 5) is 4.49. The van der Waals surface area contributed by atoms with E-state index in [1.807, 2.05) is 25.3 Å². The summed E-state index contributed by atoms with van der Waals surface area (Å²) in [6.07, 6.45) is 12.9. The molecule has 0 unspecified atom stereocenters. The van der Waals surface area contributed by atoms with Gasteiger partial charge in [-0.2, -0.15) is 0 Å². The standard InChI is InChI=1S/C24H29N/c1-3-4-11-21(2)20-25-19-10-6-7-12-22-15-17-24(18-16-22)23-13-8-5-9-14-23/h3-5,8-9,11,13-18,20H,6-7,10,12,19H2,1-2H3/b4-3-,21-11-,25-20+. The average molecular weight is 332 g/mol. The number of nitrogens with zero attached hydrogens (tertiary/aromatic N) is 1. The van der Waals surface area contributed by atoms with Gasteiger partial charge in [-0.25, -0.2) is 0 Å². The molecule has 0 radical (unpaired) electrons. The van der Waals surface area contributed by atoms with E-state index in [0.29, 0.717) is 0 Å². The van der Waals surface area contributed by atoms with Crippen LogP contribution in [0.1, 0.15) is 38.7 Å². The van der Waals surface area contributed by atoms with Crippen LogP contribution in [0.15, 0.2) is 83.4 Å². The van der Waals surface area contributed by atoms with Crippen LogP contribution < -0.4 is 0 Å². The molecule has 2 aromatic rings. The van der Waals surface area contributed by atoms with Crippen molar-refractivity contribution >= 4 is 6.21 Å². The van der Waals surface area contributed by atoms with Crippen LogP contribution in [0.3, 0.4) is 0 Å². The maximum absolute atomic E-state index is 4.49. The predicted octanol–water partition coefficient (Wildman–Crippen LogP) is 6.66. The van der Waals surface area contributed by atoms with Gasteiger partial charge in [0.2, 0.25) is 0 Å². The minimum Gasteiger partial charge on any atom is -0.293 e. The first kappa shape index (κ1) is 18.9. The number of hydrogen-bond donors (Lipinski definition) is 0. The van der Waals surface area contributed by atoms with E-state index in [2.05, 4.69) is 72.6 Å². The van der Waals surface area contributed by atoms with Gasteiger partial charge in [0.25, 0.3) is 0 Å². The number of unbranched alkanes of at least 4 members (excludes halogenated alkanes) is 2. The molecule has 0 aliphatic rings. The summed E-state index contributed by atoms with van der Waals surface area (Å²) in [5.74, 6) is 0. The molecule has 0 amide bonds. The lowest BCUT2D eigenvalue weighted by atomic mass is 10.0. The monoisotopic (exact) mass is 331 g/mol. The van der Waals surface area contributed by atoms with Crippen LogP contribution in [0.4, 0.5) is 0 Å². The predicted molar refractivity (Wildman–Crippen MR) is 111 cm³/mol.